The van der Waals surface area contributed by atoms with Gasteiger partial charge in [-0.1, -0.05) is 18.2 Å². The van der Waals surface area contributed by atoms with Gasteiger partial charge in [-0.15, -0.1) is 0 Å². The molecule has 0 aliphatic rings. The fourth-order valence-corrected chi connectivity index (χ4v) is 1.38. The number of methoxy groups -OCH3 is 1. The minimum atomic E-state index is -0.656. The number of rotatable bonds is 7. The van der Waals surface area contributed by atoms with E-state index in [1.165, 1.54) is 14.0 Å². The molecular formula is C13H22N2O3. The normalized spacial score (nSPS) is 13.4. The predicted octanol–water partition coefficient (Wildman–Crippen LogP) is 0.776. The summed E-state index contributed by atoms with van der Waals surface area (Å²) in [5.41, 5.74) is 1.00. The number of allylic oxidation sites excluding steroid dienone is 2. The molecule has 0 bridgehead atoms. The van der Waals surface area contributed by atoms with Gasteiger partial charge in [0.2, 0.25) is 11.8 Å². The standard InChI is InChI=1S/C13H22N2O3/c1-5-7-11(6-2)8-14-13(17)12(9-18-4)15-10(3)16/h5-7,12H,8-9H2,1-4H3,(H,14,17)(H,15,16). The molecule has 5 nitrogen and oxygen atoms in total. The van der Waals surface area contributed by atoms with E-state index in [-0.39, 0.29) is 18.4 Å². The van der Waals surface area contributed by atoms with Crippen molar-refractivity contribution in [3.05, 3.63) is 23.8 Å². The molecule has 0 aromatic carbocycles. The van der Waals surface area contributed by atoms with Crippen LogP contribution in [0.4, 0.5) is 0 Å². The molecule has 0 aromatic heterocycles. The smallest absolute Gasteiger partial charge is 0.245 e. The SMILES string of the molecule is CC=CC(=CC)CNC(=O)C(COC)NC(C)=O. The average molecular weight is 254 g/mol. The summed E-state index contributed by atoms with van der Waals surface area (Å²) in [5.74, 6) is -0.511. The summed E-state index contributed by atoms with van der Waals surface area (Å²) in [6, 6.07) is -0.656. The lowest BCUT2D eigenvalue weighted by Crippen LogP contribution is -2.48. The first-order valence-electron chi connectivity index (χ1n) is 5.86. The van der Waals surface area contributed by atoms with Crippen molar-refractivity contribution < 1.29 is 14.3 Å². The van der Waals surface area contributed by atoms with Gasteiger partial charge in [0.1, 0.15) is 6.04 Å². The third-order valence-corrected chi connectivity index (χ3v) is 2.25. The van der Waals surface area contributed by atoms with Crippen LogP contribution < -0.4 is 10.6 Å². The van der Waals surface area contributed by atoms with Crippen molar-refractivity contribution in [2.45, 2.75) is 26.8 Å². The van der Waals surface area contributed by atoms with Crippen LogP contribution in [-0.2, 0) is 14.3 Å². The molecule has 0 radical (unpaired) electrons. The Morgan fingerprint density at radius 2 is 2.00 bits per heavy atom. The highest BCUT2D eigenvalue weighted by molar-refractivity contribution is 5.87. The maximum absolute atomic E-state index is 11.8. The zero-order valence-corrected chi connectivity index (χ0v) is 11.4. The molecule has 0 saturated heterocycles. The van der Waals surface area contributed by atoms with Gasteiger partial charge in [-0.05, 0) is 19.4 Å². The second-order valence-corrected chi connectivity index (χ2v) is 3.79. The lowest BCUT2D eigenvalue weighted by Gasteiger charge is -2.16. The molecule has 0 fully saturated rings. The molecule has 18 heavy (non-hydrogen) atoms. The molecule has 0 aromatic rings. The first-order valence-corrected chi connectivity index (χ1v) is 5.86. The molecule has 2 amide bonds. The lowest BCUT2D eigenvalue weighted by molar-refractivity contribution is -0.129. The summed E-state index contributed by atoms with van der Waals surface area (Å²) in [6.07, 6.45) is 5.75. The maximum atomic E-state index is 11.8. The summed E-state index contributed by atoms with van der Waals surface area (Å²) in [6.45, 7) is 5.77. The van der Waals surface area contributed by atoms with E-state index in [1.54, 1.807) is 0 Å². The topological polar surface area (TPSA) is 67.4 Å². The van der Waals surface area contributed by atoms with Crippen LogP contribution in [0, 0.1) is 0 Å². The van der Waals surface area contributed by atoms with Gasteiger partial charge in [-0.2, -0.15) is 0 Å². The minimum absolute atomic E-state index is 0.153. The summed E-state index contributed by atoms with van der Waals surface area (Å²) in [7, 11) is 1.49. The van der Waals surface area contributed by atoms with Crippen LogP contribution in [0.15, 0.2) is 23.8 Å². The third kappa shape index (κ3) is 6.85. The van der Waals surface area contributed by atoms with Crippen molar-refractivity contribution in [3.8, 4) is 0 Å². The van der Waals surface area contributed by atoms with Gasteiger partial charge in [0.25, 0.3) is 0 Å². The summed E-state index contributed by atoms with van der Waals surface area (Å²) >= 11 is 0. The van der Waals surface area contributed by atoms with E-state index < -0.39 is 6.04 Å². The van der Waals surface area contributed by atoms with Gasteiger partial charge in [0.15, 0.2) is 0 Å². The Morgan fingerprint density at radius 3 is 2.44 bits per heavy atom. The quantitative estimate of drug-likeness (QED) is 0.660. The van der Waals surface area contributed by atoms with Gasteiger partial charge < -0.3 is 15.4 Å². The van der Waals surface area contributed by atoms with Crippen LogP contribution in [0.3, 0.4) is 0 Å². The monoisotopic (exact) mass is 254 g/mol. The van der Waals surface area contributed by atoms with E-state index in [0.29, 0.717) is 6.54 Å². The minimum Gasteiger partial charge on any atom is -0.382 e. The number of carbonyl (C=O) groups is 2. The van der Waals surface area contributed by atoms with E-state index in [1.807, 2.05) is 32.1 Å². The largest absolute Gasteiger partial charge is 0.382 e. The average Bonchev–Trinajstić information content (AvgIpc) is 2.33. The number of nitrogens with one attached hydrogen (secondary N) is 2. The number of hydrogen-bond acceptors (Lipinski definition) is 3. The zero-order chi connectivity index (χ0) is 14.0. The van der Waals surface area contributed by atoms with Crippen LogP contribution in [0.25, 0.3) is 0 Å². The first kappa shape index (κ1) is 16.4. The van der Waals surface area contributed by atoms with E-state index in [4.69, 9.17) is 4.74 Å². The Labute approximate surface area is 108 Å². The predicted molar refractivity (Wildman–Crippen MR) is 71.1 cm³/mol. The molecule has 2 N–H and O–H groups in total. The number of hydrogen-bond donors (Lipinski definition) is 2. The molecule has 0 heterocycles. The lowest BCUT2D eigenvalue weighted by atomic mass is 10.2. The van der Waals surface area contributed by atoms with Crippen LogP contribution in [-0.4, -0.2) is 38.1 Å². The van der Waals surface area contributed by atoms with Crippen molar-refractivity contribution in [2.24, 2.45) is 0 Å². The van der Waals surface area contributed by atoms with E-state index in [2.05, 4.69) is 10.6 Å². The van der Waals surface area contributed by atoms with Crippen LogP contribution in [0.1, 0.15) is 20.8 Å². The highest BCUT2D eigenvalue weighted by Crippen LogP contribution is 1.95. The molecule has 0 saturated carbocycles. The fourth-order valence-electron chi connectivity index (χ4n) is 1.38. The van der Waals surface area contributed by atoms with Gasteiger partial charge >= 0.3 is 0 Å². The van der Waals surface area contributed by atoms with Crippen molar-refractivity contribution in [1.29, 1.82) is 0 Å². The summed E-state index contributed by atoms with van der Waals surface area (Å²) in [5, 5.41) is 5.30. The van der Waals surface area contributed by atoms with E-state index in [0.717, 1.165) is 5.57 Å². The van der Waals surface area contributed by atoms with Crippen molar-refractivity contribution >= 4 is 11.8 Å². The van der Waals surface area contributed by atoms with Gasteiger partial charge in [0, 0.05) is 20.6 Å². The molecule has 0 aliphatic carbocycles. The van der Waals surface area contributed by atoms with Crippen LogP contribution in [0.2, 0.25) is 0 Å². The number of ether oxygens (including phenoxy) is 1. The van der Waals surface area contributed by atoms with Gasteiger partial charge in [-0.25, -0.2) is 0 Å². The zero-order valence-electron chi connectivity index (χ0n) is 11.4. The Bertz CT molecular complexity index is 335. The molecule has 0 spiro atoms. The fraction of sp³-hybridized carbons (Fsp3) is 0.538. The molecule has 0 aliphatic heterocycles. The first-order chi connectivity index (χ1) is 8.54. The summed E-state index contributed by atoms with van der Waals surface area (Å²) < 4.78 is 4.90. The van der Waals surface area contributed by atoms with Crippen molar-refractivity contribution in [2.75, 3.05) is 20.3 Å². The highest BCUT2D eigenvalue weighted by atomic mass is 16.5. The van der Waals surface area contributed by atoms with Crippen molar-refractivity contribution in [1.82, 2.24) is 10.6 Å². The Balaban J connectivity index is 4.37. The highest BCUT2D eigenvalue weighted by Gasteiger charge is 2.18. The molecule has 5 heteroatoms. The molecule has 102 valence electrons. The second kappa shape index (κ2) is 9.41. The van der Waals surface area contributed by atoms with Crippen LogP contribution >= 0.6 is 0 Å². The molecular weight excluding hydrogens is 232 g/mol. The van der Waals surface area contributed by atoms with Crippen LogP contribution in [0.5, 0.6) is 0 Å². The Hall–Kier alpha value is -1.62. The number of amides is 2. The molecule has 0 rings (SSSR count). The second-order valence-electron chi connectivity index (χ2n) is 3.79. The Kier molecular flexibility index (Phi) is 8.57. The van der Waals surface area contributed by atoms with Gasteiger partial charge in [-0.3, -0.25) is 9.59 Å². The molecule has 1 atom stereocenters. The van der Waals surface area contributed by atoms with E-state index >= 15 is 0 Å². The molecule has 1 unspecified atom stereocenters. The Morgan fingerprint density at radius 1 is 1.33 bits per heavy atom. The third-order valence-electron chi connectivity index (χ3n) is 2.25. The maximum Gasteiger partial charge on any atom is 0.245 e. The summed E-state index contributed by atoms with van der Waals surface area (Å²) in [4.78, 5) is 22.8. The van der Waals surface area contributed by atoms with Crippen molar-refractivity contribution in [3.63, 3.8) is 0 Å². The number of carbonyl (C=O) groups excluding carboxylic acids is 2. The van der Waals surface area contributed by atoms with E-state index in [9.17, 15) is 9.59 Å². The van der Waals surface area contributed by atoms with Gasteiger partial charge in [0.05, 0.1) is 6.61 Å².